The van der Waals surface area contributed by atoms with Crippen molar-refractivity contribution in [2.24, 2.45) is 5.41 Å². The molecule has 1 heterocycles. The third-order valence-electron chi connectivity index (χ3n) is 4.45. The summed E-state index contributed by atoms with van der Waals surface area (Å²) in [7, 11) is 1.78. The molecule has 0 saturated heterocycles. The van der Waals surface area contributed by atoms with E-state index in [-0.39, 0.29) is 0 Å². The lowest BCUT2D eigenvalue weighted by atomic mass is 10.0. The molecule has 0 spiro atoms. The molecule has 1 aromatic carbocycles. The second kappa shape index (κ2) is 5.09. The first kappa shape index (κ1) is 13.4. The lowest BCUT2D eigenvalue weighted by Gasteiger charge is -2.17. The van der Waals surface area contributed by atoms with Crippen molar-refractivity contribution in [3.8, 4) is 0 Å². The Morgan fingerprint density at radius 2 is 2.20 bits per heavy atom. The van der Waals surface area contributed by atoms with Gasteiger partial charge in [-0.1, -0.05) is 6.92 Å². The zero-order chi connectivity index (χ0) is 14.2. The van der Waals surface area contributed by atoms with E-state index in [0.717, 1.165) is 43.0 Å². The number of hydrogen-bond donors (Lipinski definition) is 1. The van der Waals surface area contributed by atoms with Gasteiger partial charge in [-0.25, -0.2) is 4.98 Å². The summed E-state index contributed by atoms with van der Waals surface area (Å²) in [5.74, 6) is 1.16. The van der Waals surface area contributed by atoms with E-state index >= 15 is 0 Å². The summed E-state index contributed by atoms with van der Waals surface area (Å²) in [6, 6.07) is 6.04. The molecule has 1 aliphatic rings. The van der Waals surface area contributed by atoms with Crippen molar-refractivity contribution in [2.45, 2.75) is 39.2 Å². The standard InChI is InChI=1S/C16H23N3O/c1-3-15-18-13-10-12(17)4-5-14(13)19(15)11-16(6-7-16)8-9-20-2/h4-5,10H,3,6-9,11,17H2,1-2H3. The van der Waals surface area contributed by atoms with Crippen LogP contribution < -0.4 is 5.73 Å². The van der Waals surface area contributed by atoms with Gasteiger partial charge in [0.1, 0.15) is 5.82 Å². The van der Waals surface area contributed by atoms with Crippen LogP contribution in [0.3, 0.4) is 0 Å². The Labute approximate surface area is 119 Å². The Hall–Kier alpha value is -1.55. The van der Waals surface area contributed by atoms with Gasteiger partial charge in [0.05, 0.1) is 11.0 Å². The molecular formula is C16H23N3O. The average Bonchev–Trinajstić information content (AvgIpc) is 3.13. The average molecular weight is 273 g/mol. The number of nitrogens with two attached hydrogens (primary N) is 1. The fourth-order valence-electron chi connectivity index (χ4n) is 2.96. The summed E-state index contributed by atoms with van der Waals surface area (Å²) in [6.07, 6.45) is 4.69. The molecule has 0 unspecified atom stereocenters. The monoisotopic (exact) mass is 273 g/mol. The lowest BCUT2D eigenvalue weighted by molar-refractivity contribution is 0.167. The third kappa shape index (κ3) is 2.40. The first-order valence-electron chi connectivity index (χ1n) is 7.41. The molecule has 2 N–H and O–H groups in total. The molecule has 108 valence electrons. The highest BCUT2D eigenvalue weighted by Crippen LogP contribution is 2.50. The molecule has 20 heavy (non-hydrogen) atoms. The number of nitrogens with zero attached hydrogens (tertiary/aromatic N) is 2. The van der Waals surface area contributed by atoms with Crippen LogP contribution in [0.4, 0.5) is 5.69 Å². The lowest BCUT2D eigenvalue weighted by Crippen LogP contribution is -2.15. The van der Waals surface area contributed by atoms with Crippen LogP contribution in [-0.2, 0) is 17.7 Å². The van der Waals surface area contributed by atoms with Crippen LogP contribution in [0.25, 0.3) is 11.0 Å². The molecule has 0 bridgehead atoms. The highest BCUT2D eigenvalue weighted by Gasteiger charge is 2.42. The highest BCUT2D eigenvalue weighted by atomic mass is 16.5. The number of benzene rings is 1. The minimum atomic E-state index is 0.426. The van der Waals surface area contributed by atoms with Crippen LogP contribution in [0.15, 0.2) is 18.2 Å². The number of nitrogen functional groups attached to an aromatic ring is 1. The fraction of sp³-hybridized carbons (Fsp3) is 0.562. The van der Waals surface area contributed by atoms with Gasteiger partial charge in [-0.15, -0.1) is 0 Å². The van der Waals surface area contributed by atoms with Crippen LogP contribution in [0.5, 0.6) is 0 Å². The zero-order valence-corrected chi connectivity index (χ0v) is 12.4. The number of methoxy groups -OCH3 is 1. The summed E-state index contributed by atoms with van der Waals surface area (Å²) in [5.41, 5.74) is 9.30. The van der Waals surface area contributed by atoms with E-state index in [4.69, 9.17) is 15.5 Å². The number of fused-ring (bicyclic) bond motifs is 1. The Morgan fingerprint density at radius 3 is 2.85 bits per heavy atom. The van der Waals surface area contributed by atoms with Gasteiger partial charge >= 0.3 is 0 Å². The summed E-state index contributed by atoms with van der Waals surface area (Å²) in [6.45, 7) is 4.07. The van der Waals surface area contributed by atoms with Gasteiger partial charge in [0.2, 0.25) is 0 Å². The predicted octanol–water partition coefficient (Wildman–Crippen LogP) is 3.00. The van der Waals surface area contributed by atoms with Crippen molar-refractivity contribution in [3.63, 3.8) is 0 Å². The van der Waals surface area contributed by atoms with Gasteiger partial charge in [0, 0.05) is 32.4 Å². The van der Waals surface area contributed by atoms with E-state index in [2.05, 4.69) is 17.6 Å². The molecule has 1 aromatic heterocycles. The van der Waals surface area contributed by atoms with Crippen molar-refractivity contribution in [3.05, 3.63) is 24.0 Å². The van der Waals surface area contributed by atoms with Gasteiger partial charge in [-0.05, 0) is 42.9 Å². The maximum absolute atomic E-state index is 5.86. The molecule has 4 nitrogen and oxygen atoms in total. The van der Waals surface area contributed by atoms with Crippen LogP contribution in [0.1, 0.15) is 32.0 Å². The quantitative estimate of drug-likeness (QED) is 0.823. The molecule has 4 heteroatoms. The van der Waals surface area contributed by atoms with Gasteiger partial charge in [0.25, 0.3) is 0 Å². The summed E-state index contributed by atoms with van der Waals surface area (Å²) in [5, 5.41) is 0. The summed E-state index contributed by atoms with van der Waals surface area (Å²) in [4.78, 5) is 4.74. The molecule has 1 fully saturated rings. The van der Waals surface area contributed by atoms with E-state index in [1.807, 2.05) is 12.1 Å². The second-order valence-electron chi connectivity index (χ2n) is 5.96. The zero-order valence-electron chi connectivity index (χ0n) is 12.4. The Morgan fingerprint density at radius 1 is 1.40 bits per heavy atom. The van der Waals surface area contributed by atoms with Crippen molar-refractivity contribution >= 4 is 16.7 Å². The van der Waals surface area contributed by atoms with E-state index in [9.17, 15) is 0 Å². The third-order valence-corrected chi connectivity index (χ3v) is 4.45. The number of aryl methyl sites for hydroxylation is 1. The Bertz CT molecular complexity index is 613. The van der Waals surface area contributed by atoms with Crippen LogP contribution in [-0.4, -0.2) is 23.3 Å². The number of imidazole rings is 1. The number of anilines is 1. The molecule has 1 aliphatic carbocycles. The minimum absolute atomic E-state index is 0.426. The van der Waals surface area contributed by atoms with Gasteiger partial charge in [-0.2, -0.15) is 0 Å². The maximum Gasteiger partial charge on any atom is 0.109 e. The second-order valence-corrected chi connectivity index (χ2v) is 5.96. The smallest absolute Gasteiger partial charge is 0.109 e. The Balaban J connectivity index is 1.94. The number of rotatable bonds is 6. The minimum Gasteiger partial charge on any atom is -0.399 e. The van der Waals surface area contributed by atoms with E-state index < -0.39 is 0 Å². The maximum atomic E-state index is 5.86. The molecule has 1 saturated carbocycles. The topological polar surface area (TPSA) is 53.1 Å². The van der Waals surface area contributed by atoms with Crippen molar-refractivity contribution in [2.75, 3.05) is 19.5 Å². The van der Waals surface area contributed by atoms with Gasteiger partial charge in [0.15, 0.2) is 0 Å². The van der Waals surface area contributed by atoms with Crippen molar-refractivity contribution in [1.29, 1.82) is 0 Å². The van der Waals surface area contributed by atoms with E-state index in [0.29, 0.717) is 5.41 Å². The molecule has 0 aliphatic heterocycles. The molecule has 3 rings (SSSR count). The summed E-state index contributed by atoms with van der Waals surface area (Å²) < 4.78 is 7.64. The van der Waals surface area contributed by atoms with E-state index in [1.165, 1.54) is 18.4 Å². The molecule has 0 amide bonds. The fourth-order valence-corrected chi connectivity index (χ4v) is 2.96. The molecule has 0 atom stereocenters. The van der Waals surface area contributed by atoms with Crippen molar-refractivity contribution in [1.82, 2.24) is 9.55 Å². The van der Waals surface area contributed by atoms with Gasteiger partial charge in [-0.3, -0.25) is 0 Å². The molecular weight excluding hydrogens is 250 g/mol. The molecule has 2 aromatic rings. The van der Waals surface area contributed by atoms with Crippen molar-refractivity contribution < 1.29 is 4.74 Å². The largest absolute Gasteiger partial charge is 0.399 e. The number of ether oxygens (including phenoxy) is 1. The van der Waals surface area contributed by atoms with Crippen LogP contribution in [0, 0.1) is 5.41 Å². The highest BCUT2D eigenvalue weighted by molar-refractivity contribution is 5.79. The first-order valence-corrected chi connectivity index (χ1v) is 7.41. The number of aromatic nitrogens is 2. The van der Waals surface area contributed by atoms with E-state index in [1.54, 1.807) is 7.11 Å². The number of hydrogen-bond acceptors (Lipinski definition) is 3. The molecule has 0 radical (unpaired) electrons. The van der Waals surface area contributed by atoms with Crippen LogP contribution >= 0.6 is 0 Å². The van der Waals surface area contributed by atoms with Gasteiger partial charge < -0.3 is 15.0 Å². The van der Waals surface area contributed by atoms with Crippen LogP contribution in [0.2, 0.25) is 0 Å². The predicted molar refractivity (Wildman–Crippen MR) is 81.7 cm³/mol. The normalized spacial score (nSPS) is 16.7. The Kier molecular flexibility index (Phi) is 3.42. The summed E-state index contributed by atoms with van der Waals surface area (Å²) >= 11 is 0. The first-order chi connectivity index (χ1) is 9.67. The SMILES string of the molecule is CCc1nc2cc(N)ccc2n1CC1(CCOC)CC1.